The number of benzene rings is 4. The molecule has 1 spiro atoms. The van der Waals surface area contributed by atoms with Gasteiger partial charge in [0.15, 0.2) is 0 Å². The third kappa shape index (κ3) is 2.64. The van der Waals surface area contributed by atoms with Crippen LogP contribution in [0, 0.1) is 17.3 Å². The van der Waals surface area contributed by atoms with Crippen molar-refractivity contribution in [2.24, 2.45) is 17.3 Å². The Kier molecular flexibility index (Phi) is 4.05. The van der Waals surface area contributed by atoms with Crippen molar-refractivity contribution in [3.05, 3.63) is 108 Å². The first-order valence-electron chi connectivity index (χ1n) is 13.3. The molecule has 4 aliphatic carbocycles. The lowest BCUT2D eigenvalue weighted by molar-refractivity contribution is -0.144. The summed E-state index contributed by atoms with van der Waals surface area (Å²) in [6, 6.07) is 36.3. The minimum absolute atomic E-state index is 0.615. The van der Waals surface area contributed by atoms with Crippen molar-refractivity contribution in [2.45, 2.75) is 37.5 Å². The number of nitrogens with zero attached hydrogens (tertiary/aromatic N) is 1. The van der Waals surface area contributed by atoms with Crippen molar-refractivity contribution in [3.63, 3.8) is 0 Å². The minimum Gasteiger partial charge on any atom is -0.345 e. The van der Waals surface area contributed by atoms with Crippen molar-refractivity contribution in [2.75, 3.05) is 11.9 Å². The molecule has 1 heteroatoms. The smallest absolute Gasteiger partial charge is 0.0414 e. The highest BCUT2D eigenvalue weighted by molar-refractivity contribution is 5.80. The molecule has 0 N–H and O–H groups in total. The fourth-order valence-corrected chi connectivity index (χ4v) is 8.54. The Morgan fingerprint density at radius 3 is 2.29 bits per heavy atom. The van der Waals surface area contributed by atoms with E-state index in [1.165, 1.54) is 59.3 Å². The molecular weight excluding hydrogens is 422 g/mol. The van der Waals surface area contributed by atoms with E-state index in [9.17, 15) is 0 Å². The molecule has 5 atom stereocenters. The minimum atomic E-state index is 0.615. The lowest BCUT2D eigenvalue weighted by atomic mass is 9.37. The Labute approximate surface area is 208 Å². The van der Waals surface area contributed by atoms with Crippen LogP contribution in [0.2, 0.25) is 0 Å². The van der Waals surface area contributed by atoms with Gasteiger partial charge in [-0.1, -0.05) is 72.8 Å². The van der Waals surface area contributed by atoms with E-state index in [4.69, 9.17) is 0 Å². The molecule has 1 nitrogen and oxygen atoms in total. The maximum absolute atomic E-state index is 2.49. The van der Waals surface area contributed by atoms with Gasteiger partial charge in [-0.3, -0.25) is 0 Å². The van der Waals surface area contributed by atoms with Crippen molar-refractivity contribution in [1.82, 2.24) is 0 Å². The molecule has 4 aliphatic rings. The number of fused-ring (bicyclic) bond motifs is 6. The number of rotatable bonds is 3. The van der Waals surface area contributed by atoms with Crippen molar-refractivity contribution < 1.29 is 0 Å². The van der Waals surface area contributed by atoms with Crippen LogP contribution in [0.25, 0.3) is 22.3 Å². The average Bonchev–Trinajstić information content (AvgIpc) is 3.28. The number of anilines is 2. The predicted octanol–water partition coefficient (Wildman–Crippen LogP) is 8.79. The van der Waals surface area contributed by atoms with Gasteiger partial charge in [-0.2, -0.15) is 0 Å². The Hall–Kier alpha value is -3.32. The summed E-state index contributed by atoms with van der Waals surface area (Å²) in [6.07, 6.45) is 5.74. The molecule has 0 heterocycles. The summed E-state index contributed by atoms with van der Waals surface area (Å²) in [5.41, 5.74) is 11.8. The maximum atomic E-state index is 2.49. The van der Waals surface area contributed by atoms with Crippen molar-refractivity contribution in [1.29, 1.82) is 0 Å². The summed E-state index contributed by atoms with van der Waals surface area (Å²) in [5.74, 6) is 3.46. The van der Waals surface area contributed by atoms with Crippen LogP contribution in [0.4, 0.5) is 11.4 Å². The molecule has 0 saturated heterocycles. The van der Waals surface area contributed by atoms with Gasteiger partial charge in [0, 0.05) is 18.4 Å². The van der Waals surface area contributed by atoms with E-state index in [0.29, 0.717) is 5.41 Å². The zero-order valence-corrected chi connectivity index (χ0v) is 20.3. The normalized spacial score (nSPS) is 28.9. The van der Waals surface area contributed by atoms with Gasteiger partial charge in [0.1, 0.15) is 0 Å². The van der Waals surface area contributed by atoms with E-state index < -0.39 is 0 Å². The number of hydrogen-bond acceptors (Lipinski definition) is 1. The molecule has 0 aliphatic heterocycles. The number of hydrogen-bond donors (Lipinski definition) is 0. The highest BCUT2D eigenvalue weighted by Crippen LogP contribution is 2.80. The first-order valence-corrected chi connectivity index (χ1v) is 13.3. The standard InChI is InChI=1S/C34H31N/c1-35(27-11-7-10-23(17-27)22-8-3-2-4-9-22)28-14-15-31-32(20-28)30-13-6-5-12-29(30)24-16-25-18-26-19-33(31)34(25,26)21-24/h2-15,17,20,24-26,33H,16,18-19,21H2,1H3. The molecule has 4 aromatic carbocycles. The van der Waals surface area contributed by atoms with Crippen LogP contribution in [0.5, 0.6) is 0 Å². The second kappa shape index (κ2) is 7.10. The molecular formula is C34H31N. The van der Waals surface area contributed by atoms with Gasteiger partial charge in [0.2, 0.25) is 0 Å². The van der Waals surface area contributed by atoms with E-state index in [2.05, 4.69) is 109 Å². The summed E-state index contributed by atoms with van der Waals surface area (Å²) in [7, 11) is 2.21. The van der Waals surface area contributed by atoms with Gasteiger partial charge < -0.3 is 4.90 Å². The van der Waals surface area contributed by atoms with E-state index in [-0.39, 0.29) is 0 Å². The van der Waals surface area contributed by atoms with Gasteiger partial charge >= 0.3 is 0 Å². The van der Waals surface area contributed by atoms with Gasteiger partial charge in [-0.25, -0.2) is 0 Å². The van der Waals surface area contributed by atoms with Crippen LogP contribution in [-0.4, -0.2) is 7.05 Å². The Morgan fingerprint density at radius 2 is 1.40 bits per heavy atom. The summed E-state index contributed by atoms with van der Waals surface area (Å²) in [6.45, 7) is 0. The average molecular weight is 454 g/mol. The van der Waals surface area contributed by atoms with Crippen LogP contribution < -0.4 is 4.90 Å². The van der Waals surface area contributed by atoms with Gasteiger partial charge in [-0.05, 0) is 112 Å². The lowest BCUT2D eigenvalue weighted by Crippen LogP contribution is -2.58. The second-order valence-electron chi connectivity index (χ2n) is 11.5. The Bertz CT molecular complexity index is 1450. The molecule has 3 saturated carbocycles. The third-order valence-electron chi connectivity index (χ3n) is 10.3. The van der Waals surface area contributed by atoms with Crippen LogP contribution in [0.3, 0.4) is 0 Å². The van der Waals surface area contributed by atoms with E-state index in [1.54, 1.807) is 11.1 Å². The third-order valence-corrected chi connectivity index (χ3v) is 10.3. The fourth-order valence-electron chi connectivity index (χ4n) is 8.54. The Morgan fingerprint density at radius 1 is 0.629 bits per heavy atom. The summed E-state index contributed by atoms with van der Waals surface area (Å²) in [4.78, 5) is 2.36. The summed E-state index contributed by atoms with van der Waals surface area (Å²) >= 11 is 0. The molecule has 0 radical (unpaired) electrons. The molecule has 8 rings (SSSR count). The van der Waals surface area contributed by atoms with E-state index in [0.717, 1.165) is 23.7 Å². The predicted molar refractivity (Wildman–Crippen MR) is 145 cm³/mol. The van der Waals surface area contributed by atoms with Gasteiger partial charge in [0.25, 0.3) is 0 Å². The van der Waals surface area contributed by atoms with Crippen LogP contribution in [0.15, 0.2) is 97.1 Å². The van der Waals surface area contributed by atoms with Gasteiger partial charge in [-0.15, -0.1) is 0 Å². The largest absolute Gasteiger partial charge is 0.345 e. The monoisotopic (exact) mass is 453 g/mol. The first-order chi connectivity index (χ1) is 17.2. The van der Waals surface area contributed by atoms with Crippen LogP contribution in [0.1, 0.15) is 48.6 Å². The lowest BCUT2D eigenvalue weighted by Gasteiger charge is -2.67. The molecule has 0 aromatic heterocycles. The van der Waals surface area contributed by atoms with Crippen molar-refractivity contribution >= 4 is 11.4 Å². The Balaban J connectivity index is 1.24. The summed E-state index contributed by atoms with van der Waals surface area (Å²) < 4.78 is 0. The topological polar surface area (TPSA) is 3.24 Å². The van der Waals surface area contributed by atoms with Gasteiger partial charge in [0.05, 0.1) is 0 Å². The zero-order valence-electron chi connectivity index (χ0n) is 20.3. The second-order valence-corrected chi connectivity index (χ2v) is 11.5. The molecule has 3 fully saturated rings. The van der Waals surface area contributed by atoms with Crippen LogP contribution in [-0.2, 0) is 0 Å². The SMILES string of the molecule is CN(c1cccc(-c2ccccc2)c1)c1ccc2c(c1)-c1ccccc1C1CC3CC4CC2C34C1. The highest BCUT2D eigenvalue weighted by Gasteiger charge is 2.70. The highest BCUT2D eigenvalue weighted by atomic mass is 15.1. The molecule has 4 aromatic rings. The molecule has 35 heavy (non-hydrogen) atoms. The fraction of sp³-hybridized carbons (Fsp3) is 0.294. The molecule has 2 bridgehead atoms. The van der Waals surface area contributed by atoms with Crippen LogP contribution >= 0.6 is 0 Å². The van der Waals surface area contributed by atoms with E-state index in [1.807, 2.05) is 0 Å². The first kappa shape index (κ1) is 19.9. The molecule has 0 amide bonds. The van der Waals surface area contributed by atoms with E-state index >= 15 is 0 Å². The zero-order chi connectivity index (χ0) is 23.1. The summed E-state index contributed by atoms with van der Waals surface area (Å²) in [5, 5.41) is 0. The molecule has 5 unspecified atom stereocenters. The maximum Gasteiger partial charge on any atom is 0.0414 e. The van der Waals surface area contributed by atoms with Crippen molar-refractivity contribution in [3.8, 4) is 22.3 Å². The quantitative estimate of drug-likeness (QED) is 0.299. The molecule has 172 valence electrons.